The molecule has 0 saturated heterocycles. The molecule has 0 aliphatic heterocycles. The predicted molar refractivity (Wildman–Crippen MR) is 65.3 cm³/mol. The van der Waals surface area contributed by atoms with Gasteiger partial charge in [0, 0.05) is 13.6 Å². The highest BCUT2D eigenvalue weighted by atomic mass is 32.2. The largest absolute Gasteiger partial charge is 0.469 e. The summed E-state index contributed by atoms with van der Waals surface area (Å²) in [5, 5.41) is 1.70. The van der Waals surface area contributed by atoms with E-state index in [1.54, 1.807) is 24.4 Å². The third-order valence-corrected chi connectivity index (χ3v) is 5.49. The first-order chi connectivity index (χ1) is 7.89. The minimum Gasteiger partial charge on any atom is -0.469 e. The summed E-state index contributed by atoms with van der Waals surface area (Å²) in [7, 11) is -0.751. The fourth-order valence-electron chi connectivity index (χ4n) is 1.32. The first-order valence-corrected chi connectivity index (χ1v) is 7.29. The van der Waals surface area contributed by atoms with Gasteiger partial charge in [0.05, 0.1) is 13.0 Å². The van der Waals surface area contributed by atoms with E-state index < -0.39 is 21.9 Å². The maximum Gasteiger partial charge on any atom is 0.309 e. The van der Waals surface area contributed by atoms with Gasteiger partial charge in [-0.25, -0.2) is 8.42 Å². The second-order valence-electron chi connectivity index (χ2n) is 3.64. The van der Waals surface area contributed by atoms with Crippen molar-refractivity contribution in [1.82, 2.24) is 4.31 Å². The number of hydrogen-bond acceptors (Lipinski definition) is 5. The van der Waals surface area contributed by atoms with E-state index in [4.69, 9.17) is 0 Å². The molecule has 1 aromatic rings. The van der Waals surface area contributed by atoms with Gasteiger partial charge in [0.2, 0.25) is 0 Å². The molecule has 0 bridgehead atoms. The Morgan fingerprint density at radius 3 is 2.71 bits per heavy atom. The Morgan fingerprint density at radius 2 is 2.24 bits per heavy atom. The zero-order chi connectivity index (χ0) is 13.1. The highest BCUT2D eigenvalue weighted by Gasteiger charge is 2.25. The van der Waals surface area contributed by atoms with Gasteiger partial charge in [0.15, 0.2) is 0 Å². The molecule has 0 radical (unpaired) electrons. The number of carbonyl (C=O) groups excluding carboxylic acids is 1. The Hall–Kier alpha value is -0.920. The predicted octanol–water partition coefficient (Wildman–Crippen LogP) is 1.18. The van der Waals surface area contributed by atoms with Crippen molar-refractivity contribution < 1.29 is 17.9 Å². The van der Waals surface area contributed by atoms with Crippen LogP contribution in [0.15, 0.2) is 21.7 Å². The van der Waals surface area contributed by atoms with Crippen molar-refractivity contribution in [3.8, 4) is 0 Å². The van der Waals surface area contributed by atoms with E-state index in [-0.39, 0.29) is 10.8 Å². The van der Waals surface area contributed by atoms with Gasteiger partial charge in [0.25, 0.3) is 10.0 Å². The van der Waals surface area contributed by atoms with E-state index in [0.29, 0.717) is 0 Å². The smallest absolute Gasteiger partial charge is 0.309 e. The molecule has 0 aliphatic rings. The van der Waals surface area contributed by atoms with E-state index in [2.05, 4.69) is 4.74 Å². The normalized spacial score (nSPS) is 13.6. The fraction of sp³-hybridized carbons (Fsp3) is 0.500. The van der Waals surface area contributed by atoms with Crippen molar-refractivity contribution in [3.63, 3.8) is 0 Å². The van der Waals surface area contributed by atoms with Crippen LogP contribution in [0, 0.1) is 5.92 Å². The molecule has 0 fully saturated rings. The fourth-order valence-corrected chi connectivity index (χ4v) is 3.78. The third-order valence-electron chi connectivity index (χ3n) is 2.29. The quantitative estimate of drug-likeness (QED) is 0.758. The Balaban J connectivity index is 2.77. The van der Waals surface area contributed by atoms with Crippen molar-refractivity contribution in [3.05, 3.63) is 17.5 Å². The number of carbonyl (C=O) groups is 1. The number of rotatable bonds is 5. The van der Waals surface area contributed by atoms with Crippen LogP contribution in [0.25, 0.3) is 0 Å². The molecule has 1 atom stereocenters. The highest BCUT2D eigenvalue weighted by molar-refractivity contribution is 7.91. The van der Waals surface area contributed by atoms with Gasteiger partial charge < -0.3 is 4.74 Å². The van der Waals surface area contributed by atoms with Crippen molar-refractivity contribution in [1.29, 1.82) is 0 Å². The number of esters is 1. The van der Waals surface area contributed by atoms with Crippen LogP contribution in [-0.4, -0.2) is 39.4 Å². The number of hydrogen-bond donors (Lipinski definition) is 0. The lowest BCUT2D eigenvalue weighted by molar-refractivity contribution is -0.144. The molecular formula is C10H15NO4S2. The molecule has 96 valence electrons. The Labute approximate surface area is 105 Å². The Bertz CT molecular complexity index is 467. The number of thiophene rings is 1. The summed E-state index contributed by atoms with van der Waals surface area (Å²) in [5.41, 5.74) is 0. The molecular weight excluding hydrogens is 262 g/mol. The zero-order valence-corrected chi connectivity index (χ0v) is 11.5. The van der Waals surface area contributed by atoms with Gasteiger partial charge in [-0.2, -0.15) is 4.31 Å². The minimum atomic E-state index is -3.49. The molecule has 0 spiro atoms. The van der Waals surface area contributed by atoms with Gasteiger partial charge >= 0.3 is 5.97 Å². The number of ether oxygens (including phenoxy) is 1. The minimum absolute atomic E-state index is 0.104. The number of sulfonamides is 1. The molecule has 0 aliphatic carbocycles. The molecule has 5 nitrogen and oxygen atoms in total. The first-order valence-electron chi connectivity index (χ1n) is 4.97. The van der Waals surface area contributed by atoms with Crippen LogP contribution in [0.4, 0.5) is 0 Å². The third kappa shape index (κ3) is 3.27. The zero-order valence-electron chi connectivity index (χ0n) is 9.91. The van der Waals surface area contributed by atoms with E-state index in [0.717, 1.165) is 11.3 Å². The van der Waals surface area contributed by atoms with Crippen molar-refractivity contribution in [2.24, 2.45) is 5.92 Å². The van der Waals surface area contributed by atoms with Crippen LogP contribution in [0.1, 0.15) is 6.92 Å². The second-order valence-corrected chi connectivity index (χ2v) is 6.86. The molecule has 1 aromatic heterocycles. The Morgan fingerprint density at radius 1 is 1.59 bits per heavy atom. The van der Waals surface area contributed by atoms with Gasteiger partial charge in [-0.1, -0.05) is 13.0 Å². The summed E-state index contributed by atoms with van der Waals surface area (Å²) >= 11 is 1.15. The maximum atomic E-state index is 12.0. The van der Waals surface area contributed by atoms with Crippen LogP contribution in [0.3, 0.4) is 0 Å². The molecule has 0 N–H and O–H groups in total. The lowest BCUT2D eigenvalue weighted by Gasteiger charge is -2.18. The van der Waals surface area contributed by atoms with Gasteiger partial charge in [-0.05, 0) is 11.4 Å². The summed E-state index contributed by atoms with van der Waals surface area (Å²) in [6, 6.07) is 3.22. The lowest BCUT2D eigenvalue weighted by atomic mass is 10.2. The summed E-state index contributed by atoms with van der Waals surface area (Å²) < 4.78 is 30.0. The van der Waals surface area contributed by atoms with E-state index in [1.165, 1.54) is 18.5 Å². The van der Waals surface area contributed by atoms with Crippen LogP contribution in [0.2, 0.25) is 0 Å². The van der Waals surface area contributed by atoms with Gasteiger partial charge in [-0.3, -0.25) is 4.79 Å². The van der Waals surface area contributed by atoms with E-state index in [1.807, 2.05) is 0 Å². The molecule has 1 rings (SSSR count). The molecule has 0 saturated carbocycles. The van der Waals surface area contributed by atoms with Crippen LogP contribution < -0.4 is 0 Å². The standard InChI is InChI=1S/C10H15NO4S2/c1-8(10(12)15-3)7-11(2)17(13,14)9-5-4-6-16-9/h4-6,8H,7H2,1-3H3. The summed E-state index contributed by atoms with van der Waals surface area (Å²) in [4.78, 5) is 11.2. The molecule has 1 unspecified atom stereocenters. The van der Waals surface area contributed by atoms with E-state index >= 15 is 0 Å². The van der Waals surface area contributed by atoms with Gasteiger partial charge in [-0.15, -0.1) is 11.3 Å². The molecule has 17 heavy (non-hydrogen) atoms. The lowest BCUT2D eigenvalue weighted by Crippen LogP contribution is -2.33. The van der Waals surface area contributed by atoms with Crippen molar-refractivity contribution in [2.45, 2.75) is 11.1 Å². The summed E-state index contributed by atoms with van der Waals surface area (Å²) in [6.45, 7) is 1.74. The molecule has 7 heteroatoms. The van der Waals surface area contributed by atoms with E-state index in [9.17, 15) is 13.2 Å². The monoisotopic (exact) mass is 277 g/mol. The van der Waals surface area contributed by atoms with Crippen molar-refractivity contribution >= 4 is 27.3 Å². The SMILES string of the molecule is COC(=O)C(C)CN(C)S(=O)(=O)c1cccs1. The number of methoxy groups -OCH3 is 1. The second kappa shape index (κ2) is 5.61. The maximum absolute atomic E-state index is 12.0. The Kier molecular flexibility index (Phi) is 4.67. The molecule has 0 amide bonds. The van der Waals surface area contributed by atoms with Crippen LogP contribution in [-0.2, 0) is 19.6 Å². The van der Waals surface area contributed by atoms with Crippen LogP contribution >= 0.6 is 11.3 Å². The topological polar surface area (TPSA) is 63.7 Å². The summed E-state index contributed by atoms with van der Waals surface area (Å²) in [6.07, 6.45) is 0. The highest BCUT2D eigenvalue weighted by Crippen LogP contribution is 2.20. The number of nitrogens with zero attached hydrogens (tertiary/aromatic N) is 1. The average Bonchev–Trinajstić information content (AvgIpc) is 2.81. The van der Waals surface area contributed by atoms with Crippen molar-refractivity contribution in [2.75, 3.05) is 20.7 Å². The summed E-state index contributed by atoms with van der Waals surface area (Å²) in [5.74, 6) is -0.905. The molecule has 0 aromatic carbocycles. The van der Waals surface area contributed by atoms with Crippen LogP contribution in [0.5, 0.6) is 0 Å². The van der Waals surface area contributed by atoms with Gasteiger partial charge in [0.1, 0.15) is 4.21 Å². The first kappa shape index (κ1) is 14.1. The average molecular weight is 277 g/mol. The molecule has 1 heterocycles.